The van der Waals surface area contributed by atoms with Gasteiger partial charge in [-0.25, -0.2) is 8.78 Å². The Bertz CT molecular complexity index is 710. The van der Waals surface area contributed by atoms with Crippen LogP contribution in [-0.4, -0.2) is 59.4 Å². The molecule has 1 aliphatic carbocycles. The fraction of sp³-hybridized carbons (Fsp3) is 0.906. The van der Waals surface area contributed by atoms with Gasteiger partial charge in [-0.05, 0) is 58.3 Å². The molecule has 1 saturated carbocycles. The third kappa shape index (κ3) is 13.3. The normalized spacial score (nSPS) is 26.6. The summed E-state index contributed by atoms with van der Waals surface area (Å²) in [6.45, 7) is 6.38. The van der Waals surface area contributed by atoms with Gasteiger partial charge in [0.05, 0.1) is 18.3 Å². The van der Waals surface area contributed by atoms with Crippen molar-refractivity contribution in [2.24, 2.45) is 11.8 Å². The number of halogens is 2. The molecular formula is C32H56F2O6. The van der Waals surface area contributed by atoms with E-state index in [1.165, 1.54) is 6.08 Å². The number of rotatable bonds is 20. The van der Waals surface area contributed by atoms with Crippen LogP contribution in [0.2, 0.25) is 0 Å². The quantitative estimate of drug-likeness (QED) is 0.0890. The molecule has 1 saturated heterocycles. The fourth-order valence-corrected chi connectivity index (χ4v) is 5.90. The van der Waals surface area contributed by atoms with Crippen LogP contribution in [0.5, 0.6) is 0 Å². The summed E-state index contributed by atoms with van der Waals surface area (Å²) in [6, 6.07) is 0. The van der Waals surface area contributed by atoms with Crippen LogP contribution >= 0.6 is 0 Å². The Morgan fingerprint density at radius 2 is 1.75 bits per heavy atom. The number of unbranched alkanes of at least 4 members (excludes halogenated alkanes) is 8. The lowest BCUT2D eigenvalue weighted by molar-refractivity contribution is -0.193. The molecule has 2 N–H and O–H groups in total. The predicted molar refractivity (Wildman–Crippen MR) is 153 cm³/mol. The minimum atomic E-state index is -3.18. The Hall–Kier alpha value is -1.09. The Balaban J connectivity index is 1.87. The van der Waals surface area contributed by atoms with Gasteiger partial charge in [-0.3, -0.25) is 4.79 Å². The van der Waals surface area contributed by atoms with Crippen molar-refractivity contribution in [1.82, 2.24) is 0 Å². The van der Waals surface area contributed by atoms with E-state index in [-0.39, 0.29) is 42.7 Å². The highest BCUT2D eigenvalue weighted by Gasteiger charge is 2.43. The average molecular weight is 575 g/mol. The summed E-state index contributed by atoms with van der Waals surface area (Å²) in [5, 5.41) is 21.3. The Kier molecular flexibility index (Phi) is 16.8. The van der Waals surface area contributed by atoms with E-state index in [2.05, 4.69) is 0 Å². The molecule has 0 aromatic carbocycles. The molecule has 0 aromatic heterocycles. The maximum absolute atomic E-state index is 14.6. The lowest BCUT2D eigenvalue weighted by Gasteiger charge is -2.29. The van der Waals surface area contributed by atoms with Gasteiger partial charge in [0.25, 0.3) is 5.92 Å². The molecule has 2 aliphatic rings. The lowest BCUT2D eigenvalue weighted by atomic mass is 9.87. The standard InChI is InChI=1S/C32H56F2O6/c1-4-5-6-14-21-32(33,34)29(36)20-19-26-25(27(35)23-28(26)40-31-18-13-15-22-38-31)16-11-9-7-8-10-12-17-30(37)39-24(2)3/h19-20,24-29,31,35-36H,4-18,21-23H2,1-3H3/t25?,26-,27?,28?,29?,31?/m1/s1. The van der Waals surface area contributed by atoms with E-state index in [4.69, 9.17) is 14.2 Å². The van der Waals surface area contributed by atoms with Crippen molar-refractivity contribution in [3.8, 4) is 0 Å². The minimum Gasteiger partial charge on any atom is -0.463 e. The zero-order valence-corrected chi connectivity index (χ0v) is 25.2. The summed E-state index contributed by atoms with van der Waals surface area (Å²) < 4.78 is 46.4. The van der Waals surface area contributed by atoms with Crippen molar-refractivity contribution in [2.75, 3.05) is 6.61 Å². The van der Waals surface area contributed by atoms with Gasteiger partial charge in [0.1, 0.15) is 6.10 Å². The Morgan fingerprint density at radius 3 is 2.42 bits per heavy atom. The fourth-order valence-electron chi connectivity index (χ4n) is 5.90. The van der Waals surface area contributed by atoms with E-state index in [0.29, 0.717) is 25.9 Å². The molecule has 2 rings (SSSR count). The molecule has 234 valence electrons. The van der Waals surface area contributed by atoms with Gasteiger partial charge < -0.3 is 24.4 Å². The SMILES string of the molecule is CCCCCCC(F)(F)C(O)C=C[C@H]1C(OC2CCCCO2)CC(O)C1CCCCCCCCC(=O)OC(C)C. The number of aliphatic hydroxyl groups excluding tert-OH is 2. The molecule has 1 heterocycles. The van der Waals surface area contributed by atoms with Crippen LogP contribution in [-0.2, 0) is 19.0 Å². The smallest absolute Gasteiger partial charge is 0.306 e. The van der Waals surface area contributed by atoms with Gasteiger partial charge in [0.2, 0.25) is 0 Å². The van der Waals surface area contributed by atoms with Crippen LogP contribution in [0.4, 0.5) is 8.78 Å². The third-order valence-electron chi connectivity index (χ3n) is 8.20. The second-order valence-electron chi connectivity index (χ2n) is 12.1. The van der Waals surface area contributed by atoms with Crippen LogP contribution in [0, 0.1) is 11.8 Å². The van der Waals surface area contributed by atoms with Crippen molar-refractivity contribution in [3.63, 3.8) is 0 Å². The highest BCUT2D eigenvalue weighted by molar-refractivity contribution is 5.69. The first-order valence-corrected chi connectivity index (χ1v) is 16.0. The number of hydrogen-bond acceptors (Lipinski definition) is 6. The van der Waals surface area contributed by atoms with E-state index < -0.39 is 18.1 Å². The molecular weight excluding hydrogens is 518 g/mol. The molecule has 0 bridgehead atoms. The maximum atomic E-state index is 14.6. The van der Waals surface area contributed by atoms with E-state index >= 15 is 0 Å². The van der Waals surface area contributed by atoms with Crippen LogP contribution < -0.4 is 0 Å². The van der Waals surface area contributed by atoms with Gasteiger partial charge >= 0.3 is 5.97 Å². The van der Waals surface area contributed by atoms with Gasteiger partial charge in [-0.15, -0.1) is 0 Å². The average Bonchev–Trinajstić information content (AvgIpc) is 3.20. The molecule has 1 aliphatic heterocycles. The highest BCUT2D eigenvalue weighted by Crippen LogP contribution is 2.40. The van der Waals surface area contributed by atoms with Crippen molar-refractivity contribution in [2.45, 2.75) is 167 Å². The van der Waals surface area contributed by atoms with Crippen LogP contribution in [0.25, 0.3) is 0 Å². The van der Waals surface area contributed by atoms with Gasteiger partial charge in [0, 0.05) is 31.8 Å². The van der Waals surface area contributed by atoms with Gasteiger partial charge in [-0.1, -0.05) is 70.4 Å². The Labute approximate surface area is 241 Å². The topological polar surface area (TPSA) is 85.2 Å². The number of alkyl halides is 2. The van der Waals surface area contributed by atoms with Crippen molar-refractivity contribution in [3.05, 3.63) is 12.2 Å². The monoisotopic (exact) mass is 574 g/mol. The number of esters is 1. The molecule has 6 nitrogen and oxygen atoms in total. The van der Waals surface area contributed by atoms with Crippen LogP contribution in [0.15, 0.2) is 12.2 Å². The van der Waals surface area contributed by atoms with Crippen molar-refractivity contribution < 1.29 is 38.0 Å². The number of carbonyl (C=O) groups excluding carboxylic acids is 1. The first kappa shape index (κ1) is 35.1. The largest absolute Gasteiger partial charge is 0.463 e. The van der Waals surface area contributed by atoms with Crippen LogP contribution in [0.3, 0.4) is 0 Å². The summed E-state index contributed by atoms with van der Waals surface area (Å²) >= 11 is 0. The molecule has 0 aromatic rings. The first-order chi connectivity index (χ1) is 19.1. The van der Waals surface area contributed by atoms with E-state index in [0.717, 1.165) is 83.5 Å². The highest BCUT2D eigenvalue weighted by atomic mass is 19.3. The lowest BCUT2D eigenvalue weighted by Crippen LogP contribution is -2.33. The zero-order chi connectivity index (χ0) is 29.4. The molecule has 5 unspecified atom stereocenters. The molecule has 0 amide bonds. The maximum Gasteiger partial charge on any atom is 0.306 e. The van der Waals surface area contributed by atoms with Gasteiger partial charge in [-0.2, -0.15) is 0 Å². The molecule has 40 heavy (non-hydrogen) atoms. The molecule has 8 heteroatoms. The summed E-state index contributed by atoms with van der Waals surface area (Å²) in [7, 11) is 0. The summed E-state index contributed by atoms with van der Waals surface area (Å²) in [6.07, 6.45) is 12.7. The van der Waals surface area contributed by atoms with Crippen molar-refractivity contribution in [1.29, 1.82) is 0 Å². The molecule has 0 radical (unpaired) electrons. The van der Waals surface area contributed by atoms with Gasteiger partial charge in [0.15, 0.2) is 6.29 Å². The summed E-state index contributed by atoms with van der Waals surface area (Å²) in [5.41, 5.74) is 0. The molecule has 2 fully saturated rings. The third-order valence-corrected chi connectivity index (χ3v) is 8.20. The zero-order valence-electron chi connectivity index (χ0n) is 25.2. The van der Waals surface area contributed by atoms with E-state index in [9.17, 15) is 23.8 Å². The number of hydrogen-bond donors (Lipinski definition) is 2. The Morgan fingerprint density at radius 1 is 1.05 bits per heavy atom. The second-order valence-corrected chi connectivity index (χ2v) is 12.1. The summed E-state index contributed by atoms with van der Waals surface area (Å²) in [4.78, 5) is 11.6. The molecule has 0 spiro atoms. The van der Waals surface area contributed by atoms with E-state index in [1.54, 1.807) is 6.08 Å². The first-order valence-electron chi connectivity index (χ1n) is 16.0. The minimum absolute atomic E-state index is 0.0763. The number of carbonyl (C=O) groups is 1. The molecule has 6 atom stereocenters. The van der Waals surface area contributed by atoms with E-state index in [1.807, 2.05) is 20.8 Å². The number of ether oxygens (including phenoxy) is 3. The summed E-state index contributed by atoms with van der Waals surface area (Å²) in [5.74, 6) is -3.68. The second kappa shape index (κ2) is 19.2. The van der Waals surface area contributed by atoms with Crippen molar-refractivity contribution >= 4 is 5.97 Å². The predicted octanol–water partition coefficient (Wildman–Crippen LogP) is 7.49. The van der Waals surface area contributed by atoms with Crippen LogP contribution in [0.1, 0.15) is 130 Å². The number of aliphatic hydroxyl groups is 2.